The lowest BCUT2D eigenvalue weighted by molar-refractivity contribution is 0.0869. The molecule has 1 aliphatic heterocycles. The summed E-state index contributed by atoms with van der Waals surface area (Å²) in [5.74, 6) is 0.671. The minimum absolute atomic E-state index is 0.0870. The molecule has 1 aliphatic rings. The molecule has 0 saturated heterocycles. The maximum Gasteiger partial charge on any atom is 0.307 e. The molecule has 2 atom stereocenters. The van der Waals surface area contributed by atoms with E-state index in [1.165, 1.54) is 5.56 Å². The van der Waals surface area contributed by atoms with Crippen molar-refractivity contribution in [3.63, 3.8) is 0 Å². The molecule has 0 saturated carbocycles. The number of methoxy groups -OCH3 is 1. The van der Waals surface area contributed by atoms with Crippen molar-refractivity contribution in [3.8, 4) is 0 Å². The van der Waals surface area contributed by atoms with E-state index in [9.17, 15) is 4.79 Å². The Morgan fingerprint density at radius 1 is 1.36 bits per heavy atom. The first kappa shape index (κ1) is 17.6. The number of nitrogens with one attached hydrogen (secondary N) is 1. The fourth-order valence-electron chi connectivity index (χ4n) is 3.17. The smallest absolute Gasteiger partial charge is 0.307 e. The van der Waals surface area contributed by atoms with Crippen LogP contribution >= 0.6 is 0 Å². The summed E-state index contributed by atoms with van der Waals surface area (Å²) in [6.45, 7) is 6.11. The monoisotopic (exact) mass is 343 g/mol. The third-order valence-corrected chi connectivity index (χ3v) is 4.58. The minimum atomic E-state index is -0.290. The van der Waals surface area contributed by atoms with Crippen molar-refractivity contribution in [2.45, 2.75) is 38.9 Å². The predicted octanol–water partition coefficient (Wildman–Crippen LogP) is 2.56. The molecular formula is C19H25N3O3. The van der Waals surface area contributed by atoms with Gasteiger partial charge in [-0.3, -0.25) is 9.69 Å². The average molecular weight is 343 g/mol. The maximum absolute atomic E-state index is 12.2. The van der Waals surface area contributed by atoms with Crippen molar-refractivity contribution in [1.82, 2.24) is 15.2 Å². The number of carbonyl (C=O) groups excluding carboxylic acids is 1. The highest BCUT2D eigenvalue weighted by Gasteiger charge is 2.27. The molecule has 0 fully saturated rings. The molecule has 1 aromatic carbocycles. The molecular weight excluding hydrogens is 318 g/mol. The molecule has 1 N–H and O–H groups in total. The van der Waals surface area contributed by atoms with Crippen LogP contribution in [0.4, 0.5) is 0 Å². The number of oxazole rings is 1. The van der Waals surface area contributed by atoms with Gasteiger partial charge in [0.25, 0.3) is 5.89 Å². The van der Waals surface area contributed by atoms with Crippen molar-refractivity contribution in [2.75, 3.05) is 20.3 Å². The Morgan fingerprint density at radius 2 is 2.12 bits per heavy atom. The van der Waals surface area contributed by atoms with Gasteiger partial charge in [-0.1, -0.05) is 30.3 Å². The van der Waals surface area contributed by atoms with Gasteiger partial charge in [-0.2, -0.15) is 0 Å². The Hall–Kier alpha value is -2.18. The van der Waals surface area contributed by atoms with Gasteiger partial charge < -0.3 is 14.5 Å². The van der Waals surface area contributed by atoms with Crippen molar-refractivity contribution < 1.29 is 13.9 Å². The number of fused-ring (bicyclic) bond motifs is 1. The Bertz CT molecular complexity index is 714. The SMILES string of the molecule is COC[C@H](C)NC(=O)c1nc2c(o1)CCN([C@H](C)c1ccccc1)C2. The van der Waals surface area contributed by atoms with Gasteiger partial charge in [0.2, 0.25) is 0 Å². The van der Waals surface area contributed by atoms with Crippen LogP contribution < -0.4 is 5.32 Å². The summed E-state index contributed by atoms with van der Waals surface area (Å²) in [7, 11) is 1.61. The van der Waals surface area contributed by atoms with E-state index in [1.54, 1.807) is 7.11 Å². The van der Waals surface area contributed by atoms with Crippen molar-refractivity contribution in [2.24, 2.45) is 0 Å². The molecule has 0 aliphatic carbocycles. The second-order valence-corrected chi connectivity index (χ2v) is 6.53. The molecule has 0 bridgehead atoms. The Morgan fingerprint density at radius 3 is 2.84 bits per heavy atom. The molecule has 6 nitrogen and oxygen atoms in total. The van der Waals surface area contributed by atoms with E-state index in [0.717, 1.165) is 24.4 Å². The number of hydrogen-bond acceptors (Lipinski definition) is 5. The van der Waals surface area contributed by atoms with E-state index in [0.29, 0.717) is 19.2 Å². The van der Waals surface area contributed by atoms with Gasteiger partial charge in [0, 0.05) is 38.7 Å². The molecule has 1 amide bonds. The quantitative estimate of drug-likeness (QED) is 0.873. The molecule has 6 heteroatoms. The normalized spacial score (nSPS) is 16.9. The number of ether oxygens (including phenoxy) is 1. The number of aromatic nitrogens is 1. The fraction of sp³-hybridized carbons (Fsp3) is 0.474. The zero-order valence-corrected chi connectivity index (χ0v) is 15.0. The van der Waals surface area contributed by atoms with Crippen LogP contribution in [0, 0.1) is 0 Å². The molecule has 2 heterocycles. The van der Waals surface area contributed by atoms with E-state index < -0.39 is 0 Å². The number of amides is 1. The van der Waals surface area contributed by atoms with Gasteiger partial charge in [-0.15, -0.1) is 0 Å². The minimum Gasteiger partial charge on any atom is -0.437 e. The summed E-state index contributed by atoms with van der Waals surface area (Å²) in [4.78, 5) is 19.0. The summed E-state index contributed by atoms with van der Waals surface area (Å²) >= 11 is 0. The van der Waals surface area contributed by atoms with E-state index in [-0.39, 0.29) is 17.8 Å². The average Bonchev–Trinajstić information content (AvgIpc) is 3.05. The highest BCUT2D eigenvalue weighted by molar-refractivity contribution is 5.89. The maximum atomic E-state index is 12.2. The Labute approximate surface area is 148 Å². The van der Waals surface area contributed by atoms with Crippen LogP contribution in [0.15, 0.2) is 34.7 Å². The van der Waals surface area contributed by atoms with E-state index in [4.69, 9.17) is 9.15 Å². The van der Waals surface area contributed by atoms with Crippen LogP contribution in [-0.4, -0.2) is 42.1 Å². The van der Waals surface area contributed by atoms with Crippen LogP contribution in [0.1, 0.15) is 47.6 Å². The van der Waals surface area contributed by atoms with Gasteiger partial charge in [0.05, 0.1) is 12.3 Å². The molecule has 3 rings (SSSR count). The number of benzene rings is 1. The van der Waals surface area contributed by atoms with Crippen molar-refractivity contribution in [3.05, 3.63) is 53.2 Å². The van der Waals surface area contributed by atoms with Crippen molar-refractivity contribution >= 4 is 5.91 Å². The van der Waals surface area contributed by atoms with Gasteiger partial charge >= 0.3 is 5.91 Å². The zero-order valence-electron chi connectivity index (χ0n) is 15.0. The summed E-state index contributed by atoms with van der Waals surface area (Å²) < 4.78 is 10.7. The molecule has 134 valence electrons. The molecule has 0 radical (unpaired) electrons. The first-order valence-electron chi connectivity index (χ1n) is 8.66. The lowest BCUT2D eigenvalue weighted by Gasteiger charge is -2.31. The molecule has 0 spiro atoms. The third kappa shape index (κ3) is 4.08. The predicted molar refractivity (Wildman–Crippen MR) is 94.3 cm³/mol. The first-order chi connectivity index (χ1) is 12.1. The highest BCUT2D eigenvalue weighted by atomic mass is 16.5. The molecule has 0 unspecified atom stereocenters. The standard InChI is InChI=1S/C19H25N3O3/c1-13(12-24-3)20-18(23)19-21-16-11-22(10-9-17(16)25-19)14(2)15-7-5-4-6-8-15/h4-8,13-14H,9-12H2,1-3H3,(H,20,23)/t13-,14+/m0/s1. The summed E-state index contributed by atoms with van der Waals surface area (Å²) in [5.41, 5.74) is 2.14. The largest absolute Gasteiger partial charge is 0.437 e. The summed E-state index contributed by atoms with van der Waals surface area (Å²) in [5, 5.41) is 2.83. The topological polar surface area (TPSA) is 67.6 Å². The zero-order chi connectivity index (χ0) is 17.8. The van der Waals surface area contributed by atoms with Gasteiger partial charge in [0.1, 0.15) is 5.76 Å². The van der Waals surface area contributed by atoms with Crippen LogP contribution in [0.2, 0.25) is 0 Å². The van der Waals surface area contributed by atoms with E-state index in [2.05, 4.69) is 46.4 Å². The third-order valence-electron chi connectivity index (χ3n) is 4.58. The Kier molecular flexibility index (Phi) is 5.50. The van der Waals surface area contributed by atoms with Gasteiger partial charge in [0.15, 0.2) is 0 Å². The summed E-state index contributed by atoms with van der Waals surface area (Å²) in [6.07, 6.45) is 0.764. The van der Waals surface area contributed by atoms with Gasteiger partial charge in [-0.25, -0.2) is 4.98 Å². The van der Waals surface area contributed by atoms with E-state index in [1.807, 2.05) is 13.0 Å². The van der Waals surface area contributed by atoms with E-state index >= 15 is 0 Å². The van der Waals surface area contributed by atoms with Crippen LogP contribution in [0.25, 0.3) is 0 Å². The van der Waals surface area contributed by atoms with Crippen LogP contribution in [0.3, 0.4) is 0 Å². The van der Waals surface area contributed by atoms with Crippen LogP contribution in [0.5, 0.6) is 0 Å². The Balaban J connectivity index is 1.68. The molecule has 25 heavy (non-hydrogen) atoms. The number of rotatable bonds is 6. The van der Waals surface area contributed by atoms with Gasteiger partial charge in [-0.05, 0) is 19.4 Å². The second-order valence-electron chi connectivity index (χ2n) is 6.53. The molecule has 1 aromatic heterocycles. The second kappa shape index (κ2) is 7.80. The van der Waals surface area contributed by atoms with Crippen molar-refractivity contribution in [1.29, 1.82) is 0 Å². The first-order valence-corrected chi connectivity index (χ1v) is 8.66. The summed E-state index contributed by atoms with van der Waals surface area (Å²) in [6, 6.07) is 10.6. The highest BCUT2D eigenvalue weighted by Crippen LogP contribution is 2.27. The lowest BCUT2D eigenvalue weighted by atomic mass is 10.0. The molecule has 2 aromatic rings. The number of nitrogens with zero attached hydrogens (tertiary/aromatic N) is 2. The van der Waals surface area contributed by atoms with Crippen LogP contribution in [-0.2, 0) is 17.7 Å². The lowest BCUT2D eigenvalue weighted by Crippen LogP contribution is -2.35. The number of carbonyl (C=O) groups is 1. The fourth-order valence-corrected chi connectivity index (χ4v) is 3.17. The number of hydrogen-bond donors (Lipinski definition) is 1.